The molecule has 0 heterocycles. The van der Waals surface area contributed by atoms with Gasteiger partial charge in [-0.1, -0.05) is 71.9 Å². The average molecular weight is 633 g/mol. The second-order valence-corrected chi connectivity index (χ2v) is 13.1. The molecule has 0 aliphatic heterocycles. The maximum absolute atomic E-state index is 14.1. The molecule has 1 saturated carbocycles. The number of carbonyl (C=O) groups is 2. The molecule has 0 unspecified atom stereocenters. The van der Waals surface area contributed by atoms with E-state index in [1.54, 1.807) is 49.4 Å². The first-order valence-electron chi connectivity index (χ1n) is 13.8. The van der Waals surface area contributed by atoms with Gasteiger partial charge >= 0.3 is 0 Å². The van der Waals surface area contributed by atoms with Gasteiger partial charge in [-0.3, -0.25) is 13.9 Å². The summed E-state index contributed by atoms with van der Waals surface area (Å²) >= 11 is 12.8. The van der Waals surface area contributed by atoms with E-state index in [-0.39, 0.29) is 34.1 Å². The molecule has 8 nitrogen and oxygen atoms in total. The molecule has 0 aromatic heterocycles. The Kier molecular flexibility index (Phi) is 10.4. The maximum Gasteiger partial charge on any atom is 0.264 e. The highest BCUT2D eigenvalue weighted by molar-refractivity contribution is 7.92. The van der Waals surface area contributed by atoms with Gasteiger partial charge < -0.3 is 15.0 Å². The number of benzene rings is 3. The van der Waals surface area contributed by atoms with E-state index in [1.165, 1.54) is 36.3 Å². The standard InChI is InChI=1S/C31H35Cl2N3O5S/c1-21-12-15-26(16-13-21)42(39,40)36(25-14-17-29(41-3)28(33)18-25)20-30(37)35(19-23-8-4-7-11-27(23)32)22(2)31(38)34-24-9-5-6-10-24/h4,7-8,11-18,22,24H,5-6,9-10,19-20H2,1-3H3,(H,34,38)/t22-/m1/s1. The van der Waals surface area contributed by atoms with E-state index in [9.17, 15) is 18.0 Å². The molecule has 3 aromatic rings. The number of nitrogens with zero attached hydrogens (tertiary/aromatic N) is 2. The highest BCUT2D eigenvalue weighted by Gasteiger charge is 2.34. The fourth-order valence-corrected chi connectivity index (χ4v) is 6.81. The number of rotatable bonds is 11. The Morgan fingerprint density at radius 1 is 1.00 bits per heavy atom. The largest absolute Gasteiger partial charge is 0.495 e. The molecule has 3 aromatic carbocycles. The number of nitrogens with one attached hydrogen (secondary N) is 1. The summed E-state index contributed by atoms with van der Waals surface area (Å²) in [6.45, 7) is 2.93. The lowest BCUT2D eigenvalue weighted by Crippen LogP contribution is -2.52. The SMILES string of the molecule is COc1ccc(N(CC(=O)N(Cc2ccccc2Cl)[C@H](C)C(=O)NC2CCCC2)S(=O)(=O)c2ccc(C)cc2)cc1Cl. The molecule has 1 N–H and O–H groups in total. The Morgan fingerprint density at radius 3 is 2.29 bits per heavy atom. The van der Waals surface area contributed by atoms with Crippen molar-refractivity contribution in [1.29, 1.82) is 0 Å². The minimum absolute atomic E-state index is 0.0116. The summed E-state index contributed by atoms with van der Waals surface area (Å²) in [5.74, 6) is -0.522. The van der Waals surface area contributed by atoms with Gasteiger partial charge in [-0.25, -0.2) is 8.42 Å². The number of anilines is 1. The van der Waals surface area contributed by atoms with Crippen LogP contribution in [0.4, 0.5) is 5.69 Å². The van der Waals surface area contributed by atoms with Crippen molar-refractivity contribution in [3.8, 4) is 5.75 Å². The number of aryl methyl sites for hydroxylation is 1. The van der Waals surface area contributed by atoms with E-state index in [2.05, 4.69) is 5.32 Å². The third-order valence-electron chi connectivity index (χ3n) is 7.48. The molecule has 11 heteroatoms. The minimum Gasteiger partial charge on any atom is -0.495 e. The zero-order chi connectivity index (χ0) is 30.4. The topological polar surface area (TPSA) is 96.0 Å². The fraction of sp³-hybridized carbons (Fsp3) is 0.355. The smallest absolute Gasteiger partial charge is 0.264 e. The van der Waals surface area contributed by atoms with Crippen LogP contribution in [-0.2, 0) is 26.2 Å². The summed E-state index contributed by atoms with van der Waals surface area (Å²) in [7, 11) is -2.77. The molecule has 0 bridgehead atoms. The van der Waals surface area contributed by atoms with Gasteiger partial charge in [0.25, 0.3) is 10.0 Å². The van der Waals surface area contributed by atoms with Crippen molar-refractivity contribution >= 4 is 50.7 Å². The van der Waals surface area contributed by atoms with Crippen molar-refractivity contribution in [2.24, 2.45) is 0 Å². The summed E-state index contributed by atoms with van der Waals surface area (Å²) in [6.07, 6.45) is 3.85. The predicted molar refractivity (Wildman–Crippen MR) is 166 cm³/mol. The lowest BCUT2D eigenvalue weighted by Gasteiger charge is -2.32. The van der Waals surface area contributed by atoms with Gasteiger partial charge in [-0.05, 0) is 68.7 Å². The summed E-state index contributed by atoms with van der Waals surface area (Å²) in [5.41, 5.74) is 1.70. The molecule has 224 valence electrons. The monoisotopic (exact) mass is 631 g/mol. The molecule has 1 aliphatic rings. The van der Waals surface area contributed by atoms with Crippen molar-refractivity contribution in [1.82, 2.24) is 10.2 Å². The van der Waals surface area contributed by atoms with Crippen LogP contribution in [0, 0.1) is 6.92 Å². The first kappa shape index (κ1) is 31.7. The molecule has 2 amide bonds. The highest BCUT2D eigenvalue weighted by Crippen LogP contribution is 2.32. The average Bonchev–Trinajstić information content (AvgIpc) is 3.48. The number of hydrogen-bond donors (Lipinski definition) is 1. The quantitative estimate of drug-likeness (QED) is 0.281. The molecule has 4 rings (SSSR count). The van der Waals surface area contributed by atoms with Gasteiger partial charge in [0.15, 0.2) is 0 Å². The zero-order valence-corrected chi connectivity index (χ0v) is 26.2. The molecule has 1 atom stereocenters. The van der Waals surface area contributed by atoms with Crippen LogP contribution in [0.25, 0.3) is 0 Å². The van der Waals surface area contributed by atoms with Crippen LogP contribution in [-0.4, -0.2) is 50.9 Å². The molecule has 42 heavy (non-hydrogen) atoms. The number of amides is 2. The third kappa shape index (κ3) is 7.38. The molecule has 1 fully saturated rings. The molecular formula is C31H35Cl2N3O5S. The fourth-order valence-electron chi connectivity index (χ4n) is 4.96. The van der Waals surface area contributed by atoms with Crippen LogP contribution >= 0.6 is 23.2 Å². The summed E-state index contributed by atoms with van der Waals surface area (Å²) < 4.78 is 34.2. The molecule has 0 spiro atoms. The molecule has 0 radical (unpaired) electrons. The van der Waals surface area contributed by atoms with Crippen LogP contribution in [0.1, 0.15) is 43.7 Å². The normalized spacial score (nSPS) is 14.3. The Hall–Kier alpha value is -3.27. The van der Waals surface area contributed by atoms with Crippen LogP contribution in [0.15, 0.2) is 71.6 Å². The Balaban J connectivity index is 1.72. The lowest BCUT2D eigenvalue weighted by atomic mass is 10.1. The van der Waals surface area contributed by atoms with Gasteiger partial charge in [0.05, 0.1) is 22.7 Å². The van der Waals surface area contributed by atoms with Crippen molar-refractivity contribution < 1.29 is 22.7 Å². The van der Waals surface area contributed by atoms with Gasteiger partial charge in [0.1, 0.15) is 18.3 Å². The Bertz CT molecular complexity index is 1530. The molecule has 1 aliphatic carbocycles. The molecular weight excluding hydrogens is 597 g/mol. The van der Waals surface area contributed by atoms with E-state index in [4.69, 9.17) is 27.9 Å². The zero-order valence-electron chi connectivity index (χ0n) is 23.8. The van der Waals surface area contributed by atoms with Crippen LogP contribution in [0.5, 0.6) is 5.75 Å². The second-order valence-electron chi connectivity index (χ2n) is 10.4. The number of carbonyl (C=O) groups excluding carboxylic acids is 2. The van der Waals surface area contributed by atoms with Crippen LogP contribution in [0.2, 0.25) is 10.0 Å². The maximum atomic E-state index is 14.1. The Morgan fingerprint density at radius 2 is 1.67 bits per heavy atom. The van der Waals surface area contributed by atoms with Gasteiger partial charge in [0.2, 0.25) is 11.8 Å². The van der Waals surface area contributed by atoms with Gasteiger partial charge in [-0.15, -0.1) is 0 Å². The van der Waals surface area contributed by atoms with Gasteiger partial charge in [-0.2, -0.15) is 0 Å². The number of halogens is 2. The number of methoxy groups -OCH3 is 1. The van der Waals surface area contributed by atoms with E-state index in [1.807, 2.05) is 6.92 Å². The minimum atomic E-state index is -4.22. The number of ether oxygens (including phenoxy) is 1. The van der Waals surface area contributed by atoms with E-state index in [0.29, 0.717) is 16.3 Å². The summed E-state index contributed by atoms with van der Waals surface area (Å²) in [5, 5.41) is 3.67. The van der Waals surface area contributed by atoms with Crippen molar-refractivity contribution in [3.05, 3.63) is 87.9 Å². The van der Waals surface area contributed by atoms with Crippen molar-refractivity contribution in [3.63, 3.8) is 0 Å². The van der Waals surface area contributed by atoms with Crippen molar-refractivity contribution in [2.75, 3.05) is 18.0 Å². The van der Waals surface area contributed by atoms with Crippen LogP contribution in [0.3, 0.4) is 0 Å². The molecule has 0 saturated heterocycles. The summed E-state index contributed by atoms with van der Waals surface area (Å²) in [4.78, 5) is 28.8. The van der Waals surface area contributed by atoms with Crippen molar-refractivity contribution in [2.45, 2.75) is 63.1 Å². The lowest BCUT2D eigenvalue weighted by molar-refractivity contribution is -0.139. The van der Waals surface area contributed by atoms with Crippen LogP contribution < -0.4 is 14.4 Å². The predicted octanol–water partition coefficient (Wildman–Crippen LogP) is 5.98. The Labute approximate surface area is 257 Å². The first-order valence-corrected chi connectivity index (χ1v) is 16.0. The van der Waals surface area contributed by atoms with E-state index in [0.717, 1.165) is 35.6 Å². The number of sulfonamides is 1. The van der Waals surface area contributed by atoms with E-state index >= 15 is 0 Å². The number of hydrogen-bond acceptors (Lipinski definition) is 5. The third-order valence-corrected chi connectivity index (χ3v) is 9.93. The van der Waals surface area contributed by atoms with Gasteiger partial charge in [0, 0.05) is 17.6 Å². The first-order chi connectivity index (χ1) is 20.0. The summed E-state index contributed by atoms with van der Waals surface area (Å²) in [6, 6.07) is 17.1. The second kappa shape index (κ2) is 13.8. The van der Waals surface area contributed by atoms with E-state index < -0.39 is 28.5 Å². The highest BCUT2D eigenvalue weighted by atomic mass is 35.5.